The van der Waals surface area contributed by atoms with Gasteiger partial charge in [-0.3, -0.25) is 4.90 Å². The Balaban J connectivity index is 1.51. The summed E-state index contributed by atoms with van der Waals surface area (Å²) in [5, 5.41) is 0. The zero-order valence-corrected chi connectivity index (χ0v) is 13.9. The Morgan fingerprint density at radius 1 is 1.17 bits per heavy atom. The van der Waals surface area contributed by atoms with Crippen molar-refractivity contribution in [2.45, 2.75) is 31.1 Å². The van der Waals surface area contributed by atoms with E-state index in [9.17, 15) is 4.79 Å². The van der Waals surface area contributed by atoms with Gasteiger partial charge in [0.05, 0.1) is 7.11 Å². The molecule has 1 fully saturated rings. The molecule has 0 N–H and O–H groups in total. The quantitative estimate of drug-likeness (QED) is 0.853. The molecule has 2 aliphatic rings. The van der Waals surface area contributed by atoms with E-state index in [-0.39, 0.29) is 0 Å². The molecule has 1 aromatic carbocycles. The molecule has 1 amide bonds. The number of amides is 1. The van der Waals surface area contributed by atoms with Crippen LogP contribution in [0.4, 0.5) is 10.6 Å². The molecule has 0 spiro atoms. The molecule has 24 heavy (non-hydrogen) atoms. The Labute approximate surface area is 141 Å². The summed E-state index contributed by atoms with van der Waals surface area (Å²) in [6.45, 7) is 0. The lowest BCUT2D eigenvalue weighted by Gasteiger charge is -2.18. The molecule has 5 nitrogen and oxygen atoms in total. The summed E-state index contributed by atoms with van der Waals surface area (Å²) in [4.78, 5) is 18.0. The number of pyridine rings is 1. The lowest BCUT2D eigenvalue weighted by molar-refractivity contribution is 0.209. The SMILES string of the molecule is COc1cccc(N(C)C(=O)Oc2ccc3c(c2)C2CCC3C2)n1. The average molecular weight is 324 g/mol. The van der Waals surface area contributed by atoms with Crippen LogP contribution in [0, 0.1) is 0 Å². The van der Waals surface area contributed by atoms with Crippen LogP contribution in [-0.2, 0) is 0 Å². The van der Waals surface area contributed by atoms with E-state index < -0.39 is 6.09 Å². The van der Waals surface area contributed by atoms with Gasteiger partial charge in [-0.05, 0) is 60.4 Å². The van der Waals surface area contributed by atoms with Crippen LogP contribution in [0.2, 0.25) is 0 Å². The number of rotatable bonds is 3. The molecule has 4 rings (SSSR count). The van der Waals surface area contributed by atoms with Crippen LogP contribution in [0.25, 0.3) is 0 Å². The molecule has 0 aliphatic heterocycles. The van der Waals surface area contributed by atoms with Gasteiger partial charge < -0.3 is 9.47 Å². The molecule has 124 valence electrons. The van der Waals surface area contributed by atoms with Crippen LogP contribution >= 0.6 is 0 Å². The molecular formula is C19H20N2O3. The predicted octanol–water partition coefficient (Wildman–Crippen LogP) is 4.09. The van der Waals surface area contributed by atoms with Gasteiger partial charge in [0.15, 0.2) is 0 Å². The van der Waals surface area contributed by atoms with Crippen molar-refractivity contribution in [1.29, 1.82) is 0 Å². The third kappa shape index (κ3) is 2.50. The first-order chi connectivity index (χ1) is 11.7. The van der Waals surface area contributed by atoms with Crippen LogP contribution in [0.3, 0.4) is 0 Å². The summed E-state index contributed by atoms with van der Waals surface area (Å²) in [6, 6.07) is 11.3. The van der Waals surface area contributed by atoms with E-state index in [0.717, 1.165) is 0 Å². The second-order valence-corrected chi connectivity index (χ2v) is 6.46. The van der Waals surface area contributed by atoms with E-state index in [4.69, 9.17) is 9.47 Å². The minimum atomic E-state index is -0.459. The van der Waals surface area contributed by atoms with E-state index in [2.05, 4.69) is 11.1 Å². The van der Waals surface area contributed by atoms with Crippen LogP contribution in [0.1, 0.15) is 42.2 Å². The monoisotopic (exact) mass is 324 g/mol. The number of anilines is 1. The van der Waals surface area contributed by atoms with E-state index >= 15 is 0 Å². The highest BCUT2D eigenvalue weighted by Gasteiger charge is 2.36. The molecule has 2 atom stereocenters. The number of benzene rings is 1. The van der Waals surface area contributed by atoms with Crippen molar-refractivity contribution in [3.63, 3.8) is 0 Å². The van der Waals surface area contributed by atoms with Crippen molar-refractivity contribution in [2.75, 3.05) is 19.1 Å². The van der Waals surface area contributed by atoms with Gasteiger partial charge in [0.2, 0.25) is 5.88 Å². The average Bonchev–Trinajstić information content (AvgIpc) is 3.23. The molecular weight excluding hydrogens is 304 g/mol. The Morgan fingerprint density at radius 2 is 1.96 bits per heavy atom. The third-order valence-corrected chi connectivity index (χ3v) is 5.11. The number of carbonyl (C=O) groups excluding carboxylic acids is 1. The molecule has 2 unspecified atom stereocenters. The topological polar surface area (TPSA) is 51.7 Å². The summed E-state index contributed by atoms with van der Waals surface area (Å²) in [5.41, 5.74) is 2.80. The van der Waals surface area contributed by atoms with Crippen LogP contribution in [0.5, 0.6) is 11.6 Å². The molecule has 2 aromatic rings. The summed E-state index contributed by atoms with van der Waals surface area (Å²) in [5.74, 6) is 2.89. The second kappa shape index (κ2) is 5.82. The highest BCUT2D eigenvalue weighted by molar-refractivity contribution is 5.87. The van der Waals surface area contributed by atoms with Gasteiger partial charge in [-0.1, -0.05) is 12.1 Å². The maximum Gasteiger partial charge on any atom is 0.420 e. The van der Waals surface area contributed by atoms with Gasteiger partial charge in [-0.15, -0.1) is 0 Å². The standard InChI is InChI=1S/C19H20N2O3/c1-21(17-4-3-5-18(20-17)23-2)19(22)24-14-8-9-15-12-6-7-13(10-12)16(15)11-14/h3-5,8-9,11-13H,6-7,10H2,1-2H3. The normalized spacial score (nSPS) is 20.6. The number of hydrogen-bond acceptors (Lipinski definition) is 4. The first-order valence-corrected chi connectivity index (χ1v) is 8.26. The number of hydrogen-bond donors (Lipinski definition) is 0. The van der Waals surface area contributed by atoms with E-state index in [1.807, 2.05) is 12.1 Å². The Morgan fingerprint density at radius 3 is 2.75 bits per heavy atom. The highest BCUT2D eigenvalue weighted by Crippen LogP contribution is 2.53. The number of carbonyl (C=O) groups is 1. The summed E-state index contributed by atoms with van der Waals surface area (Å²) in [7, 11) is 3.18. The summed E-state index contributed by atoms with van der Waals surface area (Å²) >= 11 is 0. The fourth-order valence-electron chi connectivity index (χ4n) is 3.86. The van der Waals surface area contributed by atoms with Gasteiger partial charge >= 0.3 is 6.09 Å². The first-order valence-electron chi connectivity index (χ1n) is 8.26. The minimum absolute atomic E-state index is 0.459. The Kier molecular flexibility index (Phi) is 3.63. The molecule has 1 heterocycles. The minimum Gasteiger partial charge on any atom is -0.481 e. The molecule has 1 saturated carbocycles. The lowest BCUT2D eigenvalue weighted by atomic mass is 9.92. The maximum absolute atomic E-state index is 12.4. The van der Waals surface area contributed by atoms with Gasteiger partial charge in [0.1, 0.15) is 11.6 Å². The number of aromatic nitrogens is 1. The van der Waals surface area contributed by atoms with Crippen molar-refractivity contribution < 1.29 is 14.3 Å². The molecule has 0 radical (unpaired) electrons. The van der Waals surface area contributed by atoms with Gasteiger partial charge in [0.25, 0.3) is 0 Å². The van der Waals surface area contributed by atoms with Crippen LogP contribution in [-0.4, -0.2) is 25.2 Å². The van der Waals surface area contributed by atoms with Crippen molar-refractivity contribution >= 4 is 11.9 Å². The zero-order valence-electron chi connectivity index (χ0n) is 13.9. The summed E-state index contributed by atoms with van der Waals surface area (Å²) < 4.78 is 10.6. The second-order valence-electron chi connectivity index (χ2n) is 6.46. The van der Waals surface area contributed by atoms with E-state index in [0.29, 0.717) is 29.3 Å². The lowest BCUT2D eigenvalue weighted by Crippen LogP contribution is -2.30. The number of fused-ring (bicyclic) bond motifs is 5. The van der Waals surface area contributed by atoms with Gasteiger partial charge in [-0.2, -0.15) is 4.98 Å². The number of methoxy groups -OCH3 is 1. The first kappa shape index (κ1) is 15.0. The van der Waals surface area contributed by atoms with Crippen LogP contribution in [0.15, 0.2) is 36.4 Å². The maximum atomic E-state index is 12.4. The smallest absolute Gasteiger partial charge is 0.420 e. The third-order valence-electron chi connectivity index (χ3n) is 5.11. The fourth-order valence-corrected chi connectivity index (χ4v) is 3.86. The molecule has 5 heteroatoms. The van der Waals surface area contributed by atoms with Crippen molar-refractivity contribution in [1.82, 2.24) is 4.98 Å². The van der Waals surface area contributed by atoms with Crippen molar-refractivity contribution in [3.05, 3.63) is 47.5 Å². The van der Waals surface area contributed by atoms with Gasteiger partial charge in [0, 0.05) is 13.1 Å². The van der Waals surface area contributed by atoms with Crippen molar-refractivity contribution in [2.24, 2.45) is 0 Å². The molecule has 2 aliphatic carbocycles. The van der Waals surface area contributed by atoms with Crippen molar-refractivity contribution in [3.8, 4) is 11.6 Å². The van der Waals surface area contributed by atoms with E-state index in [1.54, 1.807) is 32.4 Å². The fraction of sp³-hybridized carbons (Fsp3) is 0.368. The van der Waals surface area contributed by atoms with Crippen LogP contribution < -0.4 is 14.4 Å². The predicted molar refractivity (Wildman–Crippen MR) is 91.0 cm³/mol. The summed E-state index contributed by atoms with van der Waals surface area (Å²) in [6.07, 6.45) is 3.34. The Hall–Kier alpha value is -2.56. The molecule has 2 bridgehead atoms. The Bertz CT molecular complexity index is 790. The zero-order chi connectivity index (χ0) is 16.7. The number of nitrogens with zero attached hydrogens (tertiary/aromatic N) is 2. The highest BCUT2D eigenvalue weighted by atomic mass is 16.6. The largest absolute Gasteiger partial charge is 0.481 e. The number of ether oxygens (including phenoxy) is 2. The van der Waals surface area contributed by atoms with Gasteiger partial charge in [-0.25, -0.2) is 4.79 Å². The molecule has 0 saturated heterocycles. The molecule has 1 aromatic heterocycles. The van der Waals surface area contributed by atoms with E-state index in [1.165, 1.54) is 35.3 Å².